The molecule has 0 heterocycles. The van der Waals surface area contributed by atoms with Crippen LogP contribution in [0.15, 0.2) is 24.3 Å². The third-order valence-electron chi connectivity index (χ3n) is 2.83. The van der Waals surface area contributed by atoms with Gasteiger partial charge in [-0.25, -0.2) is 4.79 Å². The molecule has 0 aromatic heterocycles. The molecule has 1 unspecified atom stereocenters. The van der Waals surface area contributed by atoms with Gasteiger partial charge in [-0.2, -0.15) is 0 Å². The minimum absolute atomic E-state index is 0.263. The first-order chi connectivity index (χ1) is 8.54. The van der Waals surface area contributed by atoms with Crippen LogP contribution in [0.25, 0.3) is 0 Å². The molecule has 0 spiro atoms. The Hall–Kier alpha value is -1.06. The van der Waals surface area contributed by atoms with Gasteiger partial charge >= 0.3 is 5.97 Å². The zero-order valence-electron chi connectivity index (χ0n) is 11.1. The van der Waals surface area contributed by atoms with Crippen LogP contribution >= 0.6 is 11.6 Å². The van der Waals surface area contributed by atoms with Crippen LogP contribution in [0, 0.1) is 0 Å². The molecule has 0 amide bonds. The minimum atomic E-state index is -0.823. The van der Waals surface area contributed by atoms with Crippen LogP contribution in [-0.2, 0) is 15.1 Å². The van der Waals surface area contributed by atoms with E-state index in [-0.39, 0.29) is 5.97 Å². The first-order valence-corrected chi connectivity index (χ1v) is 6.60. The fraction of sp³-hybridized carbons (Fsp3) is 0.500. The lowest BCUT2D eigenvalue weighted by molar-refractivity contribution is -0.151. The van der Waals surface area contributed by atoms with E-state index < -0.39 is 5.54 Å². The van der Waals surface area contributed by atoms with Gasteiger partial charge in [0.05, 0.1) is 6.61 Å². The monoisotopic (exact) mass is 269 g/mol. The number of hydrogen-bond donors (Lipinski definition) is 1. The van der Waals surface area contributed by atoms with Gasteiger partial charge in [0.1, 0.15) is 5.54 Å². The molecule has 1 N–H and O–H groups in total. The molecular weight excluding hydrogens is 250 g/mol. The molecule has 1 rings (SSSR count). The third kappa shape index (κ3) is 3.47. The predicted molar refractivity (Wildman–Crippen MR) is 73.7 cm³/mol. The Morgan fingerprint density at radius 2 is 1.94 bits per heavy atom. The van der Waals surface area contributed by atoms with Crippen molar-refractivity contribution in [1.82, 2.24) is 5.32 Å². The quantitative estimate of drug-likeness (QED) is 0.807. The lowest BCUT2D eigenvalue weighted by atomic mass is 9.92. The SMILES string of the molecule is CCCNC(C)(C(=O)OCC)c1ccc(Cl)cc1. The highest BCUT2D eigenvalue weighted by molar-refractivity contribution is 6.30. The van der Waals surface area contributed by atoms with Crippen LogP contribution in [0.1, 0.15) is 32.8 Å². The molecule has 0 aliphatic carbocycles. The first kappa shape index (κ1) is 15.0. The van der Waals surface area contributed by atoms with E-state index in [4.69, 9.17) is 16.3 Å². The number of ether oxygens (including phenoxy) is 1. The topological polar surface area (TPSA) is 38.3 Å². The van der Waals surface area contributed by atoms with Crippen LogP contribution in [0.3, 0.4) is 0 Å². The lowest BCUT2D eigenvalue weighted by Gasteiger charge is -2.29. The van der Waals surface area contributed by atoms with Crippen molar-refractivity contribution in [1.29, 1.82) is 0 Å². The molecule has 100 valence electrons. The standard InChI is InChI=1S/C14H20ClNO2/c1-4-10-16-14(3,13(17)18-5-2)11-6-8-12(15)9-7-11/h6-9,16H,4-5,10H2,1-3H3. The summed E-state index contributed by atoms with van der Waals surface area (Å²) < 4.78 is 5.15. The summed E-state index contributed by atoms with van der Waals surface area (Å²) >= 11 is 5.87. The largest absolute Gasteiger partial charge is 0.464 e. The molecule has 0 saturated heterocycles. The molecule has 3 nitrogen and oxygen atoms in total. The average molecular weight is 270 g/mol. The summed E-state index contributed by atoms with van der Waals surface area (Å²) in [6.45, 7) is 6.82. The van der Waals surface area contributed by atoms with Crippen molar-refractivity contribution in [2.75, 3.05) is 13.2 Å². The van der Waals surface area contributed by atoms with E-state index >= 15 is 0 Å². The van der Waals surface area contributed by atoms with Gasteiger partial charge in [-0.1, -0.05) is 30.7 Å². The number of halogens is 1. The highest BCUT2D eigenvalue weighted by Crippen LogP contribution is 2.24. The summed E-state index contributed by atoms with van der Waals surface area (Å²) in [6.07, 6.45) is 0.947. The molecule has 0 radical (unpaired) electrons. The zero-order valence-corrected chi connectivity index (χ0v) is 11.9. The summed E-state index contributed by atoms with van der Waals surface area (Å²) in [5.41, 5.74) is 0.0372. The molecular formula is C14H20ClNO2. The fourth-order valence-electron chi connectivity index (χ4n) is 1.73. The molecule has 0 bridgehead atoms. The molecule has 0 fully saturated rings. The van der Waals surface area contributed by atoms with Gasteiger partial charge in [0, 0.05) is 5.02 Å². The zero-order chi connectivity index (χ0) is 13.6. The molecule has 0 saturated carbocycles. The predicted octanol–water partition coefficient (Wildman–Crippen LogP) is 3.12. The van der Waals surface area contributed by atoms with E-state index in [0.29, 0.717) is 11.6 Å². The van der Waals surface area contributed by atoms with Crippen LogP contribution in [0.2, 0.25) is 5.02 Å². The van der Waals surface area contributed by atoms with Gasteiger partial charge < -0.3 is 4.74 Å². The van der Waals surface area contributed by atoms with E-state index in [1.807, 2.05) is 19.1 Å². The van der Waals surface area contributed by atoms with Crippen molar-refractivity contribution in [2.24, 2.45) is 0 Å². The Bertz CT molecular complexity index is 391. The molecule has 1 atom stereocenters. The Labute approximate surface area is 113 Å². The molecule has 1 aromatic carbocycles. The molecule has 0 aliphatic heterocycles. The van der Waals surface area contributed by atoms with Gasteiger partial charge in [-0.05, 0) is 44.5 Å². The second kappa shape index (κ2) is 6.76. The van der Waals surface area contributed by atoms with Crippen LogP contribution < -0.4 is 5.32 Å². The number of benzene rings is 1. The lowest BCUT2D eigenvalue weighted by Crippen LogP contribution is -2.48. The van der Waals surface area contributed by atoms with E-state index in [0.717, 1.165) is 18.5 Å². The summed E-state index contributed by atoms with van der Waals surface area (Å²) in [7, 11) is 0. The minimum Gasteiger partial charge on any atom is -0.464 e. The van der Waals surface area contributed by atoms with Crippen molar-refractivity contribution in [3.63, 3.8) is 0 Å². The molecule has 18 heavy (non-hydrogen) atoms. The van der Waals surface area contributed by atoms with E-state index in [9.17, 15) is 4.79 Å². The highest BCUT2D eigenvalue weighted by Gasteiger charge is 2.35. The maximum absolute atomic E-state index is 12.1. The maximum Gasteiger partial charge on any atom is 0.330 e. The van der Waals surface area contributed by atoms with Crippen molar-refractivity contribution in [2.45, 2.75) is 32.7 Å². The second-order valence-corrected chi connectivity index (χ2v) is 4.72. The number of carbonyl (C=O) groups is 1. The number of rotatable bonds is 6. The number of nitrogens with one attached hydrogen (secondary N) is 1. The van der Waals surface area contributed by atoms with Crippen LogP contribution in [-0.4, -0.2) is 19.1 Å². The third-order valence-corrected chi connectivity index (χ3v) is 3.09. The van der Waals surface area contributed by atoms with Crippen molar-refractivity contribution in [3.8, 4) is 0 Å². The Morgan fingerprint density at radius 3 is 2.44 bits per heavy atom. The summed E-state index contributed by atoms with van der Waals surface area (Å²) in [5.74, 6) is -0.263. The number of esters is 1. The highest BCUT2D eigenvalue weighted by atomic mass is 35.5. The van der Waals surface area contributed by atoms with Gasteiger partial charge in [0.2, 0.25) is 0 Å². The molecule has 4 heteroatoms. The fourth-order valence-corrected chi connectivity index (χ4v) is 1.85. The average Bonchev–Trinajstić information content (AvgIpc) is 2.37. The smallest absolute Gasteiger partial charge is 0.330 e. The molecule has 1 aromatic rings. The summed E-state index contributed by atoms with van der Waals surface area (Å²) in [5, 5.41) is 3.90. The van der Waals surface area contributed by atoms with Gasteiger partial charge in [0.15, 0.2) is 0 Å². The summed E-state index contributed by atoms with van der Waals surface area (Å²) in [4.78, 5) is 12.1. The Balaban J connectivity index is 3.02. The van der Waals surface area contributed by atoms with Crippen molar-refractivity contribution < 1.29 is 9.53 Å². The van der Waals surface area contributed by atoms with Crippen molar-refractivity contribution in [3.05, 3.63) is 34.9 Å². The molecule has 0 aliphatic rings. The first-order valence-electron chi connectivity index (χ1n) is 6.23. The van der Waals surface area contributed by atoms with Gasteiger partial charge in [0.25, 0.3) is 0 Å². The van der Waals surface area contributed by atoms with E-state index in [1.54, 1.807) is 19.1 Å². The van der Waals surface area contributed by atoms with Gasteiger partial charge in [-0.15, -0.1) is 0 Å². The van der Waals surface area contributed by atoms with Gasteiger partial charge in [-0.3, -0.25) is 5.32 Å². The Kier molecular flexibility index (Phi) is 5.63. The van der Waals surface area contributed by atoms with Crippen LogP contribution in [0.5, 0.6) is 0 Å². The van der Waals surface area contributed by atoms with Crippen molar-refractivity contribution >= 4 is 17.6 Å². The number of carbonyl (C=O) groups excluding carboxylic acids is 1. The maximum atomic E-state index is 12.1. The van der Waals surface area contributed by atoms with Crippen LogP contribution in [0.4, 0.5) is 0 Å². The number of hydrogen-bond acceptors (Lipinski definition) is 3. The normalized spacial score (nSPS) is 14.0. The van der Waals surface area contributed by atoms with E-state index in [2.05, 4.69) is 12.2 Å². The Morgan fingerprint density at radius 1 is 1.33 bits per heavy atom. The summed E-state index contributed by atoms with van der Waals surface area (Å²) in [6, 6.07) is 7.26. The second-order valence-electron chi connectivity index (χ2n) is 4.28. The van der Waals surface area contributed by atoms with E-state index in [1.165, 1.54) is 0 Å².